The number of nitrogens with one attached hydrogen (secondary N) is 3. The molecule has 0 radical (unpaired) electrons. The van der Waals surface area contributed by atoms with Gasteiger partial charge in [-0.25, -0.2) is 0 Å². The van der Waals surface area contributed by atoms with Crippen molar-refractivity contribution in [2.45, 2.75) is 77.1 Å². The molecule has 0 bridgehead atoms. The van der Waals surface area contributed by atoms with E-state index in [0.29, 0.717) is 24.5 Å². The highest BCUT2D eigenvalue weighted by molar-refractivity contribution is 6.31. The normalized spacial score (nSPS) is 25.6. The number of carbonyl (C=O) groups is 3. The number of hydrogen-bond donors (Lipinski definition) is 3. The lowest BCUT2D eigenvalue weighted by Crippen LogP contribution is -2.57. The molecule has 216 valence electrons. The molecule has 0 saturated heterocycles. The first-order valence-corrected chi connectivity index (χ1v) is 14.6. The molecule has 3 N–H and O–H groups in total. The standard InChI is InChI=1S/C31H41ClN4O4/c1-19-11-12-24(25(32)16-19)17-26-30(38)33-15-7-9-22-8-5-6-10-27(22)40-20(2)18-34-28(23-13-14-23)31(39)36(4)21(3)29(37)35-26/h5-6,8,10-12,16,20-21,23,26,28,34H,7,9,13-15,17-18H2,1-4H3,(H,33,38)(H,35,37)/t20-,21-,26-,28+/m1/s1. The highest BCUT2D eigenvalue weighted by atomic mass is 35.5. The largest absolute Gasteiger partial charge is 0.489 e. The second kappa shape index (κ2) is 13.5. The number of nitrogens with zero attached hydrogens (tertiary/aromatic N) is 1. The van der Waals surface area contributed by atoms with Gasteiger partial charge in [0.1, 0.15) is 23.9 Å². The molecular weight excluding hydrogens is 528 g/mol. The van der Waals surface area contributed by atoms with Crippen LogP contribution in [-0.2, 0) is 27.2 Å². The number of carbonyl (C=O) groups excluding carboxylic acids is 3. The van der Waals surface area contributed by atoms with Crippen molar-refractivity contribution in [2.24, 2.45) is 5.92 Å². The number of likely N-dealkylation sites (N-methyl/N-ethyl adjacent to an activating group) is 1. The highest BCUT2D eigenvalue weighted by Crippen LogP contribution is 2.33. The van der Waals surface area contributed by atoms with Gasteiger partial charge in [-0.1, -0.05) is 41.9 Å². The first kappa shape index (κ1) is 29.9. The van der Waals surface area contributed by atoms with Crippen molar-refractivity contribution in [3.63, 3.8) is 0 Å². The molecule has 40 heavy (non-hydrogen) atoms. The van der Waals surface area contributed by atoms with Crippen LogP contribution in [0.5, 0.6) is 5.75 Å². The Hall–Kier alpha value is -3.10. The van der Waals surface area contributed by atoms with Crippen molar-refractivity contribution >= 4 is 29.3 Å². The summed E-state index contributed by atoms with van der Waals surface area (Å²) in [6.45, 7) is 6.56. The molecule has 9 heteroatoms. The number of halogens is 1. The van der Waals surface area contributed by atoms with Crippen LogP contribution >= 0.6 is 11.6 Å². The highest BCUT2D eigenvalue weighted by Gasteiger charge is 2.39. The smallest absolute Gasteiger partial charge is 0.243 e. The summed E-state index contributed by atoms with van der Waals surface area (Å²) in [5, 5.41) is 9.85. The summed E-state index contributed by atoms with van der Waals surface area (Å²) in [6, 6.07) is 11.6. The molecule has 1 fully saturated rings. The Labute approximate surface area is 242 Å². The van der Waals surface area contributed by atoms with Gasteiger partial charge in [-0.05, 0) is 81.2 Å². The van der Waals surface area contributed by atoms with Crippen LogP contribution in [-0.4, -0.2) is 67.0 Å². The van der Waals surface area contributed by atoms with E-state index < -0.39 is 18.1 Å². The van der Waals surface area contributed by atoms with E-state index >= 15 is 0 Å². The molecule has 2 aromatic rings. The number of ether oxygens (including phenoxy) is 1. The second-order valence-corrected chi connectivity index (χ2v) is 11.5. The third-order valence-electron chi connectivity index (χ3n) is 7.78. The predicted molar refractivity (Wildman–Crippen MR) is 156 cm³/mol. The molecule has 1 saturated carbocycles. The third kappa shape index (κ3) is 7.76. The van der Waals surface area contributed by atoms with Crippen LogP contribution in [0.15, 0.2) is 42.5 Å². The molecule has 4 atom stereocenters. The van der Waals surface area contributed by atoms with E-state index in [4.69, 9.17) is 16.3 Å². The summed E-state index contributed by atoms with van der Waals surface area (Å²) in [5.74, 6) is 0.228. The summed E-state index contributed by atoms with van der Waals surface area (Å²) < 4.78 is 6.26. The van der Waals surface area contributed by atoms with Crippen molar-refractivity contribution < 1.29 is 19.1 Å². The Bertz CT molecular complexity index is 1220. The first-order valence-electron chi connectivity index (χ1n) is 14.2. The van der Waals surface area contributed by atoms with Crippen molar-refractivity contribution in [1.82, 2.24) is 20.9 Å². The van der Waals surface area contributed by atoms with Gasteiger partial charge in [0.05, 0.1) is 6.04 Å². The number of para-hydroxylation sites is 1. The van der Waals surface area contributed by atoms with Crippen LogP contribution in [0, 0.1) is 12.8 Å². The van der Waals surface area contributed by atoms with Gasteiger partial charge in [-0.15, -0.1) is 0 Å². The number of amides is 3. The summed E-state index contributed by atoms with van der Waals surface area (Å²) in [4.78, 5) is 41.7. The van der Waals surface area contributed by atoms with Crippen molar-refractivity contribution in [2.75, 3.05) is 20.1 Å². The minimum absolute atomic E-state index is 0.138. The van der Waals surface area contributed by atoms with Crippen LogP contribution in [0.3, 0.4) is 0 Å². The van der Waals surface area contributed by atoms with Gasteiger partial charge in [0.25, 0.3) is 0 Å². The molecule has 4 rings (SSSR count). The van der Waals surface area contributed by atoms with Gasteiger partial charge in [-0.2, -0.15) is 0 Å². The van der Waals surface area contributed by atoms with Crippen LogP contribution in [0.25, 0.3) is 0 Å². The molecular formula is C31H41ClN4O4. The maximum Gasteiger partial charge on any atom is 0.243 e. The van der Waals surface area contributed by atoms with Crippen molar-refractivity contribution in [3.05, 3.63) is 64.2 Å². The molecule has 0 unspecified atom stereocenters. The van der Waals surface area contributed by atoms with E-state index in [-0.39, 0.29) is 36.2 Å². The molecule has 0 spiro atoms. The van der Waals surface area contributed by atoms with Crippen molar-refractivity contribution in [3.8, 4) is 5.75 Å². The van der Waals surface area contributed by atoms with E-state index in [1.807, 2.05) is 56.3 Å². The van der Waals surface area contributed by atoms with Gasteiger partial charge in [-0.3, -0.25) is 14.4 Å². The Morgan fingerprint density at radius 2 is 1.80 bits per heavy atom. The molecule has 8 nitrogen and oxygen atoms in total. The Morgan fingerprint density at radius 1 is 1.05 bits per heavy atom. The van der Waals surface area contributed by atoms with Gasteiger partial charge in [0, 0.05) is 31.6 Å². The van der Waals surface area contributed by atoms with E-state index in [1.165, 1.54) is 4.90 Å². The summed E-state index contributed by atoms with van der Waals surface area (Å²) >= 11 is 6.48. The molecule has 2 aromatic carbocycles. The van der Waals surface area contributed by atoms with Crippen LogP contribution in [0.1, 0.15) is 49.8 Å². The van der Waals surface area contributed by atoms with Crippen LogP contribution < -0.4 is 20.7 Å². The van der Waals surface area contributed by atoms with Crippen molar-refractivity contribution in [1.29, 1.82) is 0 Å². The third-order valence-corrected chi connectivity index (χ3v) is 8.13. The number of benzene rings is 2. The molecule has 1 aliphatic heterocycles. The van der Waals surface area contributed by atoms with Gasteiger partial charge in [0.15, 0.2) is 0 Å². The minimum Gasteiger partial charge on any atom is -0.489 e. The SMILES string of the molecule is Cc1ccc(C[C@H]2NC(=O)[C@@H](C)N(C)C(=O)[C@H](C3CC3)NC[C@@H](C)Oc3ccccc3CCCNC2=O)c(Cl)c1. The second-order valence-electron chi connectivity index (χ2n) is 11.1. The quantitative estimate of drug-likeness (QED) is 0.527. The molecule has 0 aromatic heterocycles. The average Bonchev–Trinajstić information content (AvgIpc) is 3.76. The fourth-order valence-electron chi connectivity index (χ4n) is 5.00. The fourth-order valence-corrected chi connectivity index (χ4v) is 5.31. The number of rotatable bonds is 3. The predicted octanol–water partition coefficient (Wildman–Crippen LogP) is 3.42. The lowest BCUT2D eigenvalue weighted by molar-refractivity contribution is -0.141. The van der Waals surface area contributed by atoms with Crippen LogP contribution in [0.4, 0.5) is 0 Å². The first-order chi connectivity index (χ1) is 19.1. The molecule has 3 amide bonds. The lowest BCUT2D eigenvalue weighted by atomic mass is 10.0. The Morgan fingerprint density at radius 3 is 2.52 bits per heavy atom. The zero-order chi connectivity index (χ0) is 28.8. The number of hydrogen-bond acceptors (Lipinski definition) is 5. The fraction of sp³-hybridized carbons (Fsp3) is 0.516. The maximum absolute atomic E-state index is 13.5. The lowest BCUT2D eigenvalue weighted by Gasteiger charge is -2.31. The average molecular weight is 569 g/mol. The minimum atomic E-state index is -0.841. The van der Waals surface area contributed by atoms with E-state index in [0.717, 1.165) is 41.7 Å². The van der Waals surface area contributed by atoms with E-state index in [2.05, 4.69) is 16.0 Å². The Kier molecular flexibility index (Phi) is 10.1. The maximum atomic E-state index is 13.5. The number of fused-ring (bicyclic) bond motifs is 1. The van der Waals surface area contributed by atoms with E-state index in [1.54, 1.807) is 14.0 Å². The molecule has 1 aliphatic carbocycles. The summed E-state index contributed by atoms with van der Waals surface area (Å²) in [6.07, 6.45) is 3.45. The summed E-state index contributed by atoms with van der Waals surface area (Å²) in [7, 11) is 1.64. The Balaban J connectivity index is 1.58. The van der Waals surface area contributed by atoms with E-state index in [9.17, 15) is 14.4 Å². The van der Waals surface area contributed by atoms with Gasteiger partial charge < -0.3 is 25.6 Å². The van der Waals surface area contributed by atoms with Gasteiger partial charge >= 0.3 is 0 Å². The molecule has 2 aliphatic rings. The zero-order valence-electron chi connectivity index (χ0n) is 23.8. The van der Waals surface area contributed by atoms with Gasteiger partial charge in [0.2, 0.25) is 17.7 Å². The molecule has 1 heterocycles. The van der Waals surface area contributed by atoms with Crippen LogP contribution in [0.2, 0.25) is 5.02 Å². The monoisotopic (exact) mass is 568 g/mol. The summed E-state index contributed by atoms with van der Waals surface area (Å²) in [5.41, 5.74) is 2.84. The zero-order valence-corrected chi connectivity index (χ0v) is 24.6. The number of aryl methyl sites for hydroxylation is 2. The topological polar surface area (TPSA) is 99.8 Å².